The standard InChI is InChI=1S/C62H43N/c1-5-20-44(21-6-1)45-22-19-29-51(42-45)63(50-38-36-49(37-39-50)62(48-27-11-4-12-28-48)57-33-16-13-30-53(57)54-31-14-17-34-58(54)62)52-40-41-60-56(43-52)55-32-15-18-35-59(55)61(60,46-23-7-2-8-24-46)47-25-9-3-10-26-47/h1-43H. The van der Waals surface area contributed by atoms with Gasteiger partial charge >= 0.3 is 0 Å². The molecule has 12 rings (SSSR count). The second-order valence-electron chi connectivity index (χ2n) is 16.8. The average Bonchev–Trinajstić information content (AvgIpc) is 3.84. The zero-order valence-corrected chi connectivity index (χ0v) is 34.8. The lowest BCUT2D eigenvalue weighted by Crippen LogP contribution is -2.28. The second kappa shape index (κ2) is 14.9. The van der Waals surface area contributed by atoms with Crippen molar-refractivity contribution in [1.29, 1.82) is 0 Å². The number of nitrogens with zero attached hydrogens (tertiary/aromatic N) is 1. The molecular formula is C62H43N. The Labute approximate surface area is 369 Å². The summed E-state index contributed by atoms with van der Waals surface area (Å²) in [5, 5.41) is 0. The lowest BCUT2D eigenvalue weighted by molar-refractivity contribution is 0.768. The quantitative estimate of drug-likeness (QED) is 0.148. The highest BCUT2D eigenvalue weighted by molar-refractivity contribution is 5.91. The van der Waals surface area contributed by atoms with E-state index in [2.05, 4.69) is 266 Å². The molecule has 0 amide bonds. The number of fused-ring (bicyclic) bond motifs is 6. The van der Waals surface area contributed by atoms with Crippen LogP contribution in [0.3, 0.4) is 0 Å². The Kier molecular flexibility index (Phi) is 8.69. The topological polar surface area (TPSA) is 3.24 Å². The van der Waals surface area contributed by atoms with Gasteiger partial charge in [0.1, 0.15) is 0 Å². The van der Waals surface area contributed by atoms with Gasteiger partial charge in [0.25, 0.3) is 0 Å². The molecule has 0 saturated carbocycles. The van der Waals surface area contributed by atoms with E-state index in [1.807, 2.05) is 0 Å². The fraction of sp³-hybridized carbons (Fsp3) is 0.0323. The highest BCUT2D eigenvalue weighted by atomic mass is 15.1. The van der Waals surface area contributed by atoms with Crippen LogP contribution in [0.2, 0.25) is 0 Å². The van der Waals surface area contributed by atoms with E-state index in [4.69, 9.17) is 0 Å². The lowest BCUT2D eigenvalue weighted by Gasteiger charge is -2.35. The Hall–Kier alpha value is -8.00. The Balaban J connectivity index is 1.07. The fourth-order valence-electron chi connectivity index (χ4n) is 11.1. The predicted molar refractivity (Wildman–Crippen MR) is 261 cm³/mol. The summed E-state index contributed by atoms with van der Waals surface area (Å²) in [4.78, 5) is 2.44. The van der Waals surface area contributed by atoms with Gasteiger partial charge in [-0.3, -0.25) is 0 Å². The Bertz CT molecular complexity index is 3180. The smallest absolute Gasteiger partial charge is 0.0713 e. The maximum absolute atomic E-state index is 2.44. The molecule has 0 heterocycles. The second-order valence-corrected chi connectivity index (χ2v) is 16.8. The Morgan fingerprint density at radius 1 is 0.222 bits per heavy atom. The molecular weight excluding hydrogens is 759 g/mol. The molecule has 0 bridgehead atoms. The highest BCUT2D eigenvalue weighted by Crippen LogP contribution is 2.58. The number of hydrogen-bond acceptors (Lipinski definition) is 1. The zero-order chi connectivity index (χ0) is 41.8. The van der Waals surface area contributed by atoms with E-state index >= 15 is 0 Å². The van der Waals surface area contributed by atoms with Crippen molar-refractivity contribution in [3.8, 4) is 33.4 Å². The van der Waals surface area contributed by atoms with Crippen LogP contribution >= 0.6 is 0 Å². The molecule has 0 unspecified atom stereocenters. The van der Waals surface area contributed by atoms with E-state index < -0.39 is 10.8 Å². The van der Waals surface area contributed by atoms with Crippen LogP contribution in [-0.4, -0.2) is 0 Å². The van der Waals surface area contributed by atoms with Gasteiger partial charge in [0.2, 0.25) is 0 Å². The van der Waals surface area contributed by atoms with Gasteiger partial charge in [-0.05, 0) is 114 Å². The molecule has 0 fully saturated rings. The minimum Gasteiger partial charge on any atom is -0.310 e. The van der Waals surface area contributed by atoms with Crippen LogP contribution in [0.5, 0.6) is 0 Å². The van der Waals surface area contributed by atoms with Crippen molar-refractivity contribution >= 4 is 17.1 Å². The van der Waals surface area contributed by atoms with Gasteiger partial charge in [0.15, 0.2) is 0 Å². The van der Waals surface area contributed by atoms with Crippen molar-refractivity contribution in [1.82, 2.24) is 0 Å². The summed E-state index contributed by atoms with van der Waals surface area (Å²) in [6.07, 6.45) is 0. The van der Waals surface area contributed by atoms with Gasteiger partial charge in [0, 0.05) is 17.1 Å². The first-order valence-electron chi connectivity index (χ1n) is 21.9. The molecule has 296 valence electrons. The van der Waals surface area contributed by atoms with Crippen LogP contribution in [-0.2, 0) is 10.8 Å². The third-order valence-electron chi connectivity index (χ3n) is 13.6. The van der Waals surface area contributed by atoms with E-state index in [0.717, 1.165) is 17.1 Å². The molecule has 0 radical (unpaired) electrons. The van der Waals surface area contributed by atoms with E-state index in [-0.39, 0.29) is 0 Å². The largest absolute Gasteiger partial charge is 0.310 e. The van der Waals surface area contributed by atoms with E-state index in [1.165, 1.54) is 77.9 Å². The number of rotatable bonds is 8. The molecule has 1 nitrogen and oxygen atoms in total. The molecule has 10 aromatic rings. The molecule has 0 spiro atoms. The summed E-state index contributed by atoms with van der Waals surface area (Å²) in [6, 6.07) is 96.3. The molecule has 0 atom stereocenters. The zero-order valence-electron chi connectivity index (χ0n) is 34.8. The van der Waals surface area contributed by atoms with Crippen LogP contribution in [0.1, 0.15) is 44.5 Å². The van der Waals surface area contributed by atoms with E-state index in [0.29, 0.717) is 0 Å². The van der Waals surface area contributed by atoms with Crippen molar-refractivity contribution in [2.45, 2.75) is 10.8 Å². The molecule has 0 aromatic heterocycles. The van der Waals surface area contributed by atoms with Gasteiger partial charge < -0.3 is 4.90 Å². The summed E-state index contributed by atoms with van der Waals surface area (Å²) in [7, 11) is 0. The lowest BCUT2D eigenvalue weighted by atomic mass is 9.67. The number of anilines is 3. The monoisotopic (exact) mass is 801 g/mol. The van der Waals surface area contributed by atoms with Gasteiger partial charge in [-0.25, -0.2) is 0 Å². The molecule has 63 heavy (non-hydrogen) atoms. The normalized spacial score (nSPS) is 13.7. The third kappa shape index (κ3) is 5.56. The van der Waals surface area contributed by atoms with Crippen molar-refractivity contribution in [2.75, 3.05) is 4.90 Å². The van der Waals surface area contributed by atoms with Gasteiger partial charge in [-0.1, -0.05) is 224 Å². The van der Waals surface area contributed by atoms with Crippen molar-refractivity contribution in [3.05, 3.63) is 305 Å². The molecule has 0 N–H and O–H groups in total. The molecule has 2 aliphatic rings. The van der Waals surface area contributed by atoms with Crippen LogP contribution < -0.4 is 4.90 Å². The van der Waals surface area contributed by atoms with Crippen molar-refractivity contribution in [3.63, 3.8) is 0 Å². The average molecular weight is 802 g/mol. The van der Waals surface area contributed by atoms with Gasteiger partial charge in [-0.2, -0.15) is 0 Å². The molecule has 0 saturated heterocycles. The SMILES string of the molecule is c1ccc(-c2cccc(N(c3ccc(C4(c5ccccc5)c5ccccc5-c5ccccc54)cc3)c3ccc4c(c3)-c3ccccc3C4(c3ccccc3)c3ccccc3)c2)cc1. The minimum atomic E-state index is -0.472. The predicted octanol–water partition coefficient (Wildman–Crippen LogP) is 15.5. The van der Waals surface area contributed by atoms with Crippen LogP contribution in [0.25, 0.3) is 33.4 Å². The molecule has 2 aliphatic carbocycles. The highest BCUT2D eigenvalue weighted by Gasteiger charge is 2.47. The van der Waals surface area contributed by atoms with Gasteiger partial charge in [-0.15, -0.1) is 0 Å². The molecule has 1 heteroatoms. The van der Waals surface area contributed by atoms with Crippen LogP contribution in [0.4, 0.5) is 17.1 Å². The summed E-state index contributed by atoms with van der Waals surface area (Å²) in [6.45, 7) is 0. The van der Waals surface area contributed by atoms with Crippen molar-refractivity contribution < 1.29 is 0 Å². The third-order valence-corrected chi connectivity index (χ3v) is 13.6. The maximum Gasteiger partial charge on any atom is 0.0713 e. The van der Waals surface area contributed by atoms with Crippen LogP contribution in [0.15, 0.2) is 261 Å². The summed E-state index contributed by atoms with van der Waals surface area (Å²) in [5.74, 6) is 0. The summed E-state index contributed by atoms with van der Waals surface area (Å²) >= 11 is 0. The Morgan fingerprint density at radius 2 is 0.587 bits per heavy atom. The first kappa shape index (κ1) is 36.8. The summed E-state index contributed by atoms with van der Waals surface area (Å²) in [5.41, 5.74) is 20.1. The number of hydrogen-bond donors (Lipinski definition) is 0. The first-order chi connectivity index (χ1) is 31.3. The van der Waals surface area contributed by atoms with E-state index in [1.54, 1.807) is 0 Å². The maximum atomic E-state index is 2.44. The fourth-order valence-corrected chi connectivity index (χ4v) is 11.1. The molecule has 10 aromatic carbocycles. The van der Waals surface area contributed by atoms with Crippen LogP contribution in [0, 0.1) is 0 Å². The number of benzene rings is 10. The van der Waals surface area contributed by atoms with Crippen molar-refractivity contribution in [2.24, 2.45) is 0 Å². The summed E-state index contributed by atoms with van der Waals surface area (Å²) < 4.78 is 0. The molecule has 0 aliphatic heterocycles. The first-order valence-corrected chi connectivity index (χ1v) is 21.9. The Morgan fingerprint density at radius 3 is 1.10 bits per heavy atom. The van der Waals surface area contributed by atoms with E-state index in [9.17, 15) is 0 Å². The van der Waals surface area contributed by atoms with Gasteiger partial charge in [0.05, 0.1) is 10.8 Å². The minimum absolute atomic E-state index is 0.466.